The first-order valence-electron chi connectivity index (χ1n) is 7.63. The molecule has 0 unspecified atom stereocenters. The first-order chi connectivity index (χ1) is 11.6. The summed E-state index contributed by atoms with van der Waals surface area (Å²) in [5.41, 5.74) is 1.42. The van der Waals surface area contributed by atoms with E-state index in [0.29, 0.717) is 13.1 Å². The van der Waals surface area contributed by atoms with Crippen LogP contribution in [-0.4, -0.2) is 4.57 Å². The quantitative estimate of drug-likeness (QED) is 0.712. The fourth-order valence-electron chi connectivity index (χ4n) is 2.65. The number of aromatic nitrogens is 1. The van der Waals surface area contributed by atoms with Crippen molar-refractivity contribution in [1.29, 1.82) is 0 Å². The van der Waals surface area contributed by atoms with Crippen molar-refractivity contribution in [3.63, 3.8) is 0 Å². The minimum Gasteiger partial charge on any atom is -0.319 e. The standard InChI is InChI=1S/C19H17F3N2/c20-19(21,22)17-10-4-5-11-18(17)24-12-6-9-16(24)14-23-13-15-7-2-1-3-8-15/h1-12,23H,13-14H2. The molecular formula is C19H17F3N2. The lowest BCUT2D eigenvalue weighted by atomic mass is 10.1. The van der Waals surface area contributed by atoms with Crippen LogP contribution in [0.2, 0.25) is 0 Å². The van der Waals surface area contributed by atoms with E-state index in [0.717, 1.165) is 17.3 Å². The second-order valence-corrected chi connectivity index (χ2v) is 5.47. The van der Waals surface area contributed by atoms with E-state index in [1.54, 1.807) is 22.9 Å². The van der Waals surface area contributed by atoms with Crippen LogP contribution in [0.3, 0.4) is 0 Å². The summed E-state index contributed by atoms with van der Waals surface area (Å²) >= 11 is 0. The first kappa shape index (κ1) is 16.3. The van der Waals surface area contributed by atoms with Crippen LogP contribution in [0.25, 0.3) is 5.69 Å². The molecule has 1 N–H and O–H groups in total. The highest BCUT2D eigenvalue weighted by Crippen LogP contribution is 2.34. The molecule has 0 aliphatic heterocycles. The largest absolute Gasteiger partial charge is 0.418 e. The zero-order chi connectivity index (χ0) is 17.0. The van der Waals surface area contributed by atoms with E-state index in [1.165, 1.54) is 12.1 Å². The molecule has 0 radical (unpaired) electrons. The Bertz CT molecular complexity index is 792. The lowest BCUT2D eigenvalue weighted by molar-refractivity contribution is -0.137. The van der Waals surface area contributed by atoms with E-state index in [1.807, 2.05) is 36.4 Å². The summed E-state index contributed by atoms with van der Waals surface area (Å²) < 4.78 is 41.2. The number of hydrogen-bond donors (Lipinski definition) is 1. The van der Waals surface area contributed by atoms with Gasteiger partial charge < -0.3 is 9.88 Å². The number of benzene rings is 2. The molecule has 2 nitrogen and oxygen atoms in total. The van der Waals surface area contributed by atoms with Crippen molar-refractivity contribution in [1.82, 2.24) is 9.88 Å². The van der Waals surface area contributed by atoms with Crippen LogP contribution >= 0.6 is 0 Å². The zero-order valence-corrected chi connectivity index (χ0v) is 12.9. The Morgan fingerprint density at radius 3 is 2.25 bits per heavy atom. The van der Waals surface area contributed by atoms with Gasteiger partial charge in [-0.1, -0.05) is 42.5 Å². The Labute approximate surface area is 138 Å². The maximum atomic E-state index is 13.2. The minimum absolute atomic E-state index is 0.145. The van der Waals surface area contributed by atoms with Gasteiger partial charge in [-0.15, -0.1) is 0 Å². The van der Waals surface area contributed by atoms with Crippen molar-refractivity contribution in [2.75, 3.05) is 0 Å². The van der Waals surface area contributed by atoms with Gasteiger partial charge in [-0.25, -0.2) is 0 Å². The average Bonchev–Trinajstić information content (AvgIpc) is 3.03. The van der Waals surface area contributed by atoms with Gasteiger partial charge in [-0.3, -0.25) is 0 Å². The molecule has 2 aromatic carbocycles. The Hall–Kier alpha value is -2.53. The average molecular weight is 330 g/mol. The van der Waals surface area contributed by atoms with Crippen LogP contribution in [0.4, 0.5) is 13.2 Å². The first-order valence-corrected chi connectivity index (χ1v) is 7.63. The third-order valence-corrected chi connectivity index (χ3v) is 3.78. The molecule has 1 aromatic heterocycles. The SMILES string of the molecule is FC(F)(F)c1ccccc1-n1cccc1CNCc1ccccc1. The zero-order valence-electron chi connectivity index (χ0n) is 12.9. The molecule has 0 aliphatic carbocycles. The second-order valence-electron chi connectivity index (χ2n) is 5.47. The highest BCUT2D eigenvalue weighted by Gasteiger charge is 2.33. The molecule has 124 valence electrons. The maximum absolute atomic E-state index is 13.2. The highest BCUT2D eigenvalue weighted by molar-refractivity contribution is 5.44. The van der Waals surface area contributed by atoms with E-state index in [9.17, 15) is 13.2 Å². The van der Waals surface area contributed by atoms with Gasteiger partial charge in [0, 0.05) is 25.0 Å². The molecule has 0 spiro atoms. The van der Waals surface area contributed by atoms with Gasteiger partial charge >= 0.3 is 6.18 Å². The molecule has 0 saturated carbocycles. The fraction of sp³-hybridized carbons (Fsp3) is 0.158. The van der Waals surface area contributed by atoms with Gasteiger partial charge in [0.2, 0.25) is 0 Å². The number of hydrogen-bond acceptors (Lipinski definition) is 1. The van der Waals surface area contributed by atoms with Crippen molar-refractivity contribution in [2.24, 2.45) is 0 Å². The van der Waals surface area contributed by atoms with E-state index >= 15 is 0 Å². The summed E-state index contributed by atoms with van der Waals surface area (Å²) in [6.07, 6.45) is -2.72. The predicted molar refractivity (Wildman–Crippen MR) is 87.8 cm³/mol. The summed E-state index contributed by atoms with van der Waals surface area (Å²) in [4.78, 5) is 0. The number of alkyl halides is 3. The highest BCUT2D eigenvalue weighted by atomic mass is 19.4. The van der Waals surface area contributed by atoms with Crippen LogP contribution in [0, 0.1) is 0 Å². The molecule has 3 aromatic rings. The Morgan fingerprint density at radius 2 is 1.50 bits per heavy atom. The van der Waals surface area contributed by atoms with Crippen LogP contribution in [0.15, 0.2) is 72.9 Å². The lowest BCUT2D eigenvalue weighted by Crippen LogP contribution is -2.17. The predicted octanol–water partition coefficient (Wildman–Crippen LogP) is 4.79. The minimum atomic E-state index is -4.38. The monoisotopic (exact) mass is 330 g/mol. The lowest BCUT2D eigenvalue weighted by Gasteiger charge is -2.16. The van der Waals surface area contributed by atoms with Crippen LogP contribution < -0.4 is 5.32 Å². The number of nitrogens with zero attached hydrogens (tertiary/aromatic N) is 1. The van der Waals surface area contributed by atoms with Gasteiger partial charge in [-0.05, 0) is 29.8 Å². The summed E-state index contributed by atoms with van der Waals surface area (Å²) in [6.45, 7) is 1.14. The molecule has 0 fully saturated rings. The van der Waals surface area contributed by atoms with Gasteiger partial charge in [0.05, 0.1) is 11.3 Å². The summed E-state index contributed by atoms with van der Waals surface area (Å²) in [5.74, 6) is 0. The molecule has 24 heavy (non-hydrogen) atoms. The van der Waals surface area contributed by atoms with Crippen LogP contribution in [0.5, 0.6) is 0 Å². The van der Waals surface area contributed by atoms with Gasteiger partial charge in [0.1, 0.15) is 0 Å². The van der Waals surface area contributed by atoms with E-state index in [4.69, 9.17) is 0 Å². The number of halogens is 3. The molecular weight excluding hydrogens is 313 g/mol. The normalized spacial score (nSPS) is 11.6. The molecule has 5 heteroatoms. The molecule has 3 rings (SSSR count). The Kier molecular flexibility index (Phi) is 4.71. The molecule has 0 saturated heterocycles. The van der Waals surface area contributed by atoms with Crippen molar-refractivity contribution in [3.05, 3.63) is 89.7 Å². The number of rotatable bonds is 5. The molecule has 0 atom stereocenters. The Balaban J connectivity index is 1.79. The van der Waals surface area contributed by atoms with E-state index in [2.05, 4.69) is 5.32 Å². The third kappa shape index (κ3) is 3.68. The van der Waals surface area contributed by atoms with Gasteiger partial charge in [-0.2, -0.15) is 13.2 Å². The topological polar surface area (TPSA) is 17.0 Å². The molecule has 0 bridgehead atoms. The van der Waals surface area contributed by atoms with Crippen molar-refractivity contribution < 1.29 is 13.2 Å². The maximum Gasteiger partial charge on any atom is 0.418 e. The second kappa shape index (κ2) is 6.93. The summed E-state index contributed by atoms with van der Waals surface area (Å²) in [6, 6.07) is 19.1. The van der Waals surface area contributed by atoms with Crippen molar-refractivity contribution >= 4 is 0 Å². The van der Waals surface area contributed by atoms with Crippen molar-refractivity contribution in [3.8, 4) is 5.69 Å². The third-order valence-electron chi connectivity index (χ3n) is 3.78. The van der Waals surface area contributed by atoms with Crippen LogP contribution in [0.1, 0.15) is 16.8 Å². The van der Waals surface area contributed by atoms with Gasteiger partial charge in [0.25, 0.3) is 0 Å². The van der Waals surface area contributed by atoms with Crippen molar-refractivity contribution in [2.45, 2.75) is 19.3 Å². The fourth-order valence-corrected chi connectivity index (χ4v) is 2.65. The van der Waals surface area contributed by atoms with E-state index < -0.39 is 11.7 Å². The summed E-state index contributed by atoms with van der Waals surface area (Å²) in [5, 5.41) is 3.27. The number of para-hydroxylation sites is 1. The Morgan fingerprint density at radius 1 is 0.792 bits per heavy atom. The smallest absolute Gasteiger partial charge is 0.319 e. The molecule has 0 aliphatic rings. The molecule has 0 amide bonds. The van der Waals surface area contributed by atoms with E-state index in [-0.39, 0.29) is 5.69 Å². The van der Waals surface area contributed by atoms with Gasteiger partial charge in [0.15, 0.2) is 0 Å². The van der Waals surface area contributed by atoms with Crippen LogP contribution in [-0.2, 0) is 19.3 Å². The number of nitrogens with one attached hydrogen (secondary N) is 1. The molecule has 1 heterocycles. The summed E-state index contributed by atoms with van der Waals surface area (Å²) in [7, 11) is 0.